The van der Waals surface area contributed by atoms with Gasteiger partial charge in [0.15, 0.2) is 0 Å². The van der Waals surface area contributed by atoms with E-state index in [2.05, 4.69) is 10.2 Å². The number of nitrogens with zero attached hydrogens (tertiary/aromatic N) is 2. The highest BCUT2D eigenvalue weighted by Crippen LogP contribution is 2.26. The summed E-state index contributed by atoms with van der Waals surface area (Å²) in [7, 11) is 1.74. The van der Waals surface area contributed by atoms with Gasteiger partial charge in [0.05, 0.1) is 6.54 Å². The van der Waals surface area contributed by atoms with Crippen molar-refractivity contribution in [1.82, 2.24) is 15.1 Å². The number of carbonyl (C=O) groups is 1. The number of hydrogen-bond acceptors (Lipinski definition) is 3. The number of halogens is 2. The standard InChI is InChI=1S/C16H22FN3O.ClH/c1-19(8-12-4-2-3-5-15(12)17)16(21)11-20-9-13-6-18-7-14(13)10-20;/h2-5,13-14,18H,6-11H2,1H3;1H/t13-,14+;. The molecule has 0 bridgehead atoms. The lowest BCUT2D eigenvalue weighted by Crippen LogP contribution is -2.38. The second-order valence-corrected chi connectivity index (χ2v) is 6.21. The van der Waals surface area contributed by atoms with E-state index < -0.39 is 0 Å². The summed E-state index contributed by atoms with van der Waals surface area (Å²) in [6.45, 7) is 4.90. The number of nitrogens with one attached hydrogen (secondary N) is 1. The van der Waals surface area contributed by atoms with Gasteiger partial charge >= 0.3 is 0 Å². The first kappa shape index (κ1) is 17.2. The maximum atomic E-state index is 13.6. The fourth-order valence-electron chi connectivity index (χ4n) is 3.36. The molecule has 0 aromatic heterocycles. The second-order valence-electron chi connectivity index (χ2n) is 6.21. The molecule has 22 heavy (non-hydrogen) atoms. The molecule has 2 aliphatic heterocycles. The van der Waals surface area contributed by atoms with E-state index in [0.717, 1.165) is 26.2 Å². The third-order valence-electron chi connectivity index (χ3n) is 4.62. The Kier molecular flexibility index (Phi) is 5.78. The average Bonchev–Trinajstić information content (AvgIpc) is 3.02. The number of likely N-dealkylation sites (N-methyl/N-ethyl adjacent to an activating group) is 1. The second kappa shape index (κ2) is 7.40. The average molecular weight is 328 g/mol. The highest BCUT2D eigenvalue weighted by Gasteiger charge is 2.36. The van der Waals surface area contributed by atoms with Crippen molar-refractivity contribution < 1.29 is 9.18 Å². The van der Waals surface area contributed by atoms with Crippen molar-refractivity contribution in [2.24, 2.45) is 11.8 Å². The van der Waals surface area contributed by atoms with Crippen LogP contribution in [0.2, 0.25) is 0 Å². The Morgan fingerprint density at radius 3 is 2.59 bits per heavy atom. The SMILES string of the molecule is CN(Cc1ccccc1F)C(=O)CN1C[C@H]2CNC[C@H]2C1.Cl. The van der Waals surface area contributed by atoms with Gasteiger partial charge in [-0.25, -0.2) is 4.39 Å². The van der Waals surface area contributed by atoms with Crippen LogP contribution in [0.3, 0.4) is 0 Å². The zero-order valence-electron chi connectivity index (χ0n) is 12.8. The van der Waals surface area contributed by atoms with Gasteiger partial charge in [-0.1, -0.05) is 18.2 Å². The molecule has 2 fully saturated rings. The Labute approximate surface area is 137 Å². The summed E-state index contributed by atoms with van der Waals surface area (Å²) >= 11 is 0. The van der Waals surface area contributed by atoms with E-state index in [1.165, 1.54) is 6.07 Å². The Morgan fingerprint density at radius 1 is 1.32 bits per heavy atom. The molecule has 1 aromatic carbocycles. The van der Waals surface area contributed by atoms with E-state index in [1.807, 2.05) is 0 Å². The van der Waals surface area contributed by atoms with Gasteiger partial charge in [0.1, 0.15) is 5.82 Å². The third kappa shape index (κ3) is 3.77. The molecule has 3 rings (SSSR count). The molecule has 1 N–H and O–H groups in total. The minimum atomic E-state index is -0.251. The number of benzene rings is 1. The molecular formula is C16H23ClFN3O. The lowest BCUT2D eigenvalue weighted by molar-refractivity contribution is -0.131. The first-order valence-corrected chi connectivity index (χ1v) is 7.54. The van der Waals surface area contributed by atoms with E-state index in [0.29, 0.717) is 30.5 Å². The van der Waals surface area contributed by atoms with Crippen molar-refractivity contribution in [1.29, 1.82) is 0 Å². The normalized spacial score (nSPS) is 23.9. The lowest BCUT2D eigenvalue weighted by atomic mass is 10.0. The summed E-state index contributed by atoms with van der Waals surface area (Å²) < 4.78 is 13.6. The van der Waals surface area contributed by atoms with Crippen molar-refractivity contribution in [3.63, 3.8) is 0 Å². The number of rotatable bonds is 4. The molecule has 4 nitrogen and oxygen atoms in total. The van der Waals surface area contributed by atoms with Crippen molar-refractivity contribution in [3.05, 3.63) is 35.6 Å². The highest BCUT2D eigenvalue weighted by atomic mass is 35.5. The van der Waals surface area contributed by atoms with Crippen LogP contribution in [-0.2, 0) is 11.3 Å². The summed E-state index contributed by atoms with van der Waals surface area (Å²) in [5.74, 6) is 1.19. The van der Waals surface area contributed by atoms with Crippen molar-refractivity contribution in [2.75, 3.05) is 39.8 Å². The van der Waals surface area contributed by atoms with Crippen LogP contribution >= 0.6 is 12.4 Å². The molecule has 2 aliphatic rings. The van der Waals surface area contributed by atoms with Gasteiger partial charge in [0.25, 0.3) is 0 Å². The first-order chi connectivity index (χ1) is 10.1. The summed E-state index contributed by atoms with van der Waals surface area (Å²) in [5, 5.41) is 3.40. The van der Waals surface area contributed by atoms with Crippen LogP contribution in [0.25, 0.3) is 0 Å². The van der Waals surface area contributed by atoms with E-state index in [-0.39, 0.29) is 24.1 Å². The highest BCUT2D eigenvalue weighted by molar-refractivity contribution is 5.85. The molecule has 6 heteroatoms. The van der Waals surface area contributed by atoms with Crippen molar-refractivity contribution in [2.45, 2.75) is 6.54 Å². The minimum absolute atomic E-state index is 0. The maximum Gasteiger partial charge on any atom is 0.236 e. The number of hydrogen-bond donors (Lipinski definition) is 1. The molecule has 2 atom stereocenters. The number of amides is 1. The van der Waals surface area contributed by atoms with Gasteiger partial charge in [-0.15, -0.1) is 12.4 Å². The lowest BCUT2D eigenvalue weighted by Gasteiger charge is -2.22. The van der Waals surface area contributed by atoms with Crippen molar-refractivity contribution in [3.8, 4) is 0 Å². The quantitative estimate of drug-likeness (QED) is 0.907. The number of carbonyl (C=O) groups excluding carboxylic acids is 1. The van der Waals surface area contributed by atoms with Gasteiger partial charge in [-0.05, 0) is 31.0 Å². The van der Waals surface area contributed by atoms with Gasteiger partial charge in [-0.3, -0.25) is 9.69 Å². The van der Waals surface area contributed by atoms with Crippen molar-refractivity contribution >= 4 is 18.3 Å². The van der Waals surface area contributed by atoms with Gasteiger partial charge in [-0.2, -0.15) is 0 Å². The van der Waals surface area contributed by atoms with Crippen LogP contribution in [0.5, 0.6) is 0 Å². The molecule has 1 aromatic rings. The molecule has 0 spiro atoms. The molecule has 0 unspecified atom stereocenters. The number of fused-ring (bicyclic) bond motifs is 1. The molecule has 2 saturated heterocycles. The molecule has 0 saturated carbocycles. The van der Waals surface area contributed by atoms with Crippen LogP contribution in [0.15, 0.2) is 24.3 Å². The zero-order valence-corrected chi connectivity index (χ0v) is 13.6. The monoisotopic (exact) mass is 327 g/mol. The molecule has 1 amide bonds. The summed E-state index contributed by atoms with van der Waals surface area (Å²) in [5.41, 5.74) is 0.566. The van der Waals surface area contributed by atoms with Gasteiger partial charge in [0, 0.05) is 32.2 Å². The Hall–Kier alpha value is -1.17. The van der Waals surface area contributed by atoms with Crippen LogP contribution in [-0.4, -0.2) is 55.5 Å². The summed E-state index contributed by atoms with van der Waals surface area (Å²) in [6, 6.07) is 6.62. The molecule has 2 heterocycles. The summed E-state index contributed by atoms with van der Waals surface area (Å²) in [6.07, 6.45) is 0. The fraction of sp³-hybridized carbons (Fsp3) is 0.562. The molecular weight excluding hydrogens is 305 g/mol. The zero-order chi connectivity index (χ0) is 14.8. The Bertz CT molecular complexity index is 516. The molecule has 0 aliphatic carbocycles. The van der Waals surface area contributed by atoms with Crippen LogP contribution in [0, 0.1) is 17.7 Å². The maximum absolute atomic E-state index is 13.6. The molecule has 122 valence electrons. The van der Waals surface area contributed by atoms with E-state index in [4.69, 9.17) is 0 Å². The van der Waals surface area contributed by atoms with Crippen LogP contribution in [0.4, 0.5) is 4.39 Å². The van der Waals surface area contributed by atoms with Gasteiger partial charge < -0.3 is 10.2 Å². The number of likely N-dealkylation sites (tertiary alicyclic amines) is 1. The Morgan fingerprint density at radius 2 is 1.95 bits per heavy atom. The minimum Gasteiger partial charge on any atom is -0.340 e. The largest absolute Gasteiger partial charge is 0.340 e. The van der Waals surface area contributed by atoms with E-state index >= 15 is 0 Å². The third-order valence-corrected chi connectivity index (χ3v) is 4.62. The van der Waals surface area contributed by atoms with Crippen LogP contribution in [0.1, 0.15) is 5.56 Å². The predicted molar refractivity (Wildman–Crippen MR) is 86.4 cm³/mol. The Balaban J connectivity index is 0.00000176. The van der Waals surface area contributed by atoms with Gasteiger partial charge in [0.2, 0.25) is 5.91 Å². The first-order valence-electron chi connectivity index (χ1n) is 7.54. The van der Waals surface area contributed by atoms with Crippen LogP contribution < -0.4 is 5.32 Å². The smallest absolute Gasteiger partial charge is 0.236 e. The van der Waals surface area contributed by atoms with E-state index in [9.17, 15) is 9.18 Å². The topological polar surface area (TPSA) is 35.6 Å². The fourth-order valence-corrected chi connectivity index (χ4v) is 3.36. The summed E-state index contributed by atoms with van der Waals surface area (Å²) in [4.78, 5) is 16.1. The predicted octanol–water partition coefficient (Wildman–Crippen LogP) is 1.36. The molecule has 0 radical (unpaired) electrons. The van der Waals surface area contributed by atoms with E-state index in [1.54, 1.807) is 30.1 Å².